The first-order valence-electron chi connectivity index (χ1n) is 8.24. The van der Waals surface area contributed by atoms with Crippen LogP contribution >= 0.6 is 11.3 Å². The Morgan fingerprint density at radius 3 is 2.69 bits per heavy atom. The van der Waals surface area contributed by atoms with E-state index in [1.54, 1.807) is 29.0 Å². The Balaban J connectivity index is 1.49. The van der Waals surface area contributed by atoms with Gasteiger partial charge in [-0.05, 0) is 29.8 Å². The van der Waals surface area contributed by atoms with Crippen molar-refractivity contribution < 1.29 is 4.74 Å². The Kier molecular flexibility index (Phi) is 4.50. The zero-order valence-electron chi connectivity index (χ0n) is 14.3. The zero-order chi connectivity index (χ0) is 17.9. The molecule has 2 heterocycles. The molecule has 0 aliphatic carbocycles. The van der Waals surface area contributed by atoms with Crippen molar-refractivity contribution in [2.75, 3.05) is 0 Å². The van der Waals surface area contributed by atoms with Crippen LogP contribution in [0.2, 0.25) is 0 Å². The number of ether oxygens (including phenoxy) is 1. The fraction of sp³-hybridized carbons (Fsp3) is 0.150. The van der Waals surface area contributed by atoms with Crippen molar-refractivity contribution in [3.63, 3.8) is 0 Å². The third-order valence-corrected chi connectivity index (χ3v) is 5.01. The number of para-hydroxylation sites is 1. The number of nitrogens with zero attached hydrogens (tertiary/aromatic N) is 3. The van der Waals surface area contributed by atoms with Gasteiger partial charge in [-0.1, -0.05) is 24.3 Å². The molecule has 4 rings (SSSR count). The summed E-state index contributed by atoms with van der Waals surface area (Å²) in [7, 11) is 1.72. The number of fused-ring (bicyclic) bond motifs is 1. The Labute approximate surface area is 154 Å². The van der Waals surface area contributed by atoms with Gasteiger partial charge < -0.3 is 4.74 Å². The lowest BCUT2D eigenvalue weighted by Crippen LogP contribution is -2.23. The number of thiazole rings is 1. The van der Waals surface area contributed by atoms with E-state index in [4.69, 9.17) is 4.74 Å². The van der Waals surface area contributed by atoms with E-state index in [9.17, 15) is 4.79 Å². The second-order valence-electron chi connectivity index (χ2n) is 5.99. The van der Waals surface area contributed by atoms with Gasteiger partial charge in [0, 0.05) is 24.5 Å². The van der Waals surface area contributed by atoms with Crippen molar-refractivity contribution >= 4 is 22.2 Å². The van der Waals surface area contributed by atoms with Gasteiger partial charge in [-0.25, -0.2) is 4.98 Å². The standard InChI is InChI=1S/C20H17N3O2S/c1-23-19(22-18-5-3-2-4-17(18)20(23)24)12-25-15-8-6-14(7-9-15)10-16-11-21-13-26-16/h2-9,11,13H,10,12H2,1H3. The maximum atomic E-state index is 12.4. The Morgan fingerprint density at radius 2 is 1.92 bits per heavy atom. The maximum Gasteiger partial charge on any atom is 0.261 e. The van der Waals surface area contributed by atoms with E-state index in [0.29, 0.717) is 16.7 Å². The van der Waals surface area contributed by atoms with Gasteiger partial charge in [0.2, 0.25) is 0 Å². The van der Waals surface area contributed by atoms with E-state index < -0.39 is 0 Å². The van der Waals surface area contributed by atoms with E-state index in [1.807, 2.05) is 54.2 Å². The Morgan fingerprint density at radius 1 is 1.12 bits per heavy atom. The van der Waals surface area contributed by atoms with Crippen LogP contribution in [0.5, 0.6) is 5.75 Å². The maximum absolute atomic E-state index is 12.4. The minimum absolute atomic E-state index is 0.0610. The summed E-state index contributed by atoms with van der Waals surface area (Å²) in [5.74, 6) is 1.35. The number of benzene rings is 2. The van der Waals surface area contributed by atoms with Crippen LogP contribution in [0.4, 0.5) is 0 Å². The molecule has 0 atom stereocenters. The lowest BCUT2D eigenvalue weighted by atomic mass is 10.1. The van der Waals surface area contributed by atoms with Crippen LogP contribution in [0.1, 0.15) is 16.3 Å². The normalized spacial score (nSPS) is 11.0. The number of aromatic nitrogens is 3. The minimum atomic E-state index is -0.0610. The lowest BCUT2D eigenvalue weighted by molar-refractivity contribution is 0.289. The largest absolute Gasteiger partial charge is 0.486 e. The van der Waals surface area contributed by atoms with Gasteiger partial charge in [-0.3, -0.25) is 14.3 Å². The molecular formula is C20H17N3O2S. The first kappa shape index (κ1) is 16.5. The molecule has 2 aromatic carbocycles. The summed E-state index contributed by atoms with van der Waals surface area (Å²) in [5, 5.41) is 0.617. The number of hydrogen-bond acceptors (Lipinski definition) is 5. The molecule has 0 aliphatic rings. The SMILES string of the molecule is Cn1c(COc2ccc(Cc3cncs3)cc2)nc2ccccc2c1=O. The molecule has 0 aliphatic heterocycles. The quantitative estimate of drug-likeness (QED) is 0.544. The molecule has 0 spiro atoms. The van der Waals surface area contributed by atoms with Crippen molar-refractivity contribution in [1.82, 2.24) is 14.5 Å². The molecule has 0 bridgehead atoms. The molecule has 0 amide bonds. The second-order valence-corrected chi connectivity index (χ2v) is 6.96. The van der Waals surface area contributed by atoms with Crippen LogP contribution in [-0.4, -0.2) is 14.5 Å². The minimum Gasteiger partial charge on any atom is -0.486 e. The van der Waals surface area contributed by atoms with Gasteiger partial charge in [-0.2, -0.15) is 0 Å². The number of rotatable bonds is 5. The molecule has 0 radical (unpaired) electrons. The van der Waals surface area contributed by atoms with Crippen molar-refractivity contribution in [1.29, 1.82) is 0 Å². The molecule has 6 heteroatoms. The van der Waals surface area contributed by atoms with E-state index in [2.05, 4.69) is 9.97 Å². The molecule has 0 saturated heterocycles. The molecule has 130 valence electrons. The van der Waals surface area contributed by atoms with Crippen LogP contribution in [0, 0.1) is 0 Å². The van der Waals surface area contributed by atoms with Gasteiger partial charge in [0.25, 0.3) is 5.56 Å². The average Bonchev–Trinajstić information content (AvgIpc) is 3.18. The predicted molar refractivity (Wildman–Crippen MR) is 103 cm³/mol. The summed E-state index contributed by atoms with van der Waals surface area (Å²) in [6.07, 6.45) is 2.76. The van der Waals surface area contributed by atoms with Crippen LogP contribution < -0.4 is 10.3 Å². The van der Waals surface area contributed by atoms with Gasteiger partial charge in [0.05, 0.1) is 16.4 Å². The first-order valence-corrected chi connectivity index (χ1v) is 9.12. The van der Waals surface area contributed by atoms with Crippen molar-refractivity contribution in [3.8, 4) is 5.75 Å². The Hall–Kier alpha value is -2.99. The molecule has 0 N–H and O–H groups in total. The third kappa shape index (κ3) is 3.36. The summed E-state index contributed by atoms with van der Waals surface area (Å²) >= 11 is 1.65. The second kappa shape index (κ2) is 7.09. The van der Waals surface area contributed by atoms with Crippen molar-refractivity contribution in [3.05, 3.63) is 86.9 Å². The smallest absolute Gasteiger partial charge is 0.261 e. The van der Waals surface area contributed by atoms with Gasteiger partial charge in [-0.15, -0.1) is 11.3 Å². The van der Waals surface area contributed by atoms with E-state index in [-0.39, 0.29) is 12.2 Å². The van der Waals surface area contributed by atoms with E-state index >= 15 is 0 Å². The molecule has 0 unspecified atom stereocenters. The summed E-state index contributed by atoms with van der Waals surface area (Å²) in [6, 6.07) is 15.3. The molecular weight excluding hydrogens is 346 g/mol. The molecule has 5 nitrogen and oxygen atoms in total. The number of hydrogen-bond donors (Lipinski definition) is 0. The fourth-order valence-corrected chi connectivity index (χ4v) is 3.40. The van der Waals surface area contributed by atoms with Crippen LogP contribution in [0.15, 0.2) is 65.0 Å². The molecule has 4 aromatic rings. The first-order chi connectivity index (χ1) is 12.7. The molecule has 2 aromatic heterocycles. The fourth-order valence-electron chi connectivity index (χ4n) is 2.78. The highest BCUT2D eigenvalue weighted by Crippen LogP contribution is 2.18. The Bertz CT molecular complexity index is 1090. The van der Waals surface area contributed by atoms with Crippen LogP contribution in [0.25, 0.3) is 10.9 Å². The van der Waals surface area contributed by atoms with Gasteiger partial charge in [0.1, 0.15) is 18.2 Å². The predicted octanol–water partition coefficient (Wildman–Crippen LogP) is 3.56. The molecule has 0 fully saturated rings. The molecule has 26 heavy (non-hydrogen) atoms. The highest BCUT2D eigenvalue weighted by molar-refractivity contribution is 7.09. The van der Waals surface area contributed by atoms with Gasteiger partial charge >= 0.3 is 0 Å². The summed E-state index contributed by atoms with van der Waals surface area (Å²) in [6.45, 7) is 0.241. The topological polar surface area (TPSA) is 57.0 Å². The van der Waals surface area contributed by atoms with Crippen molar-refractivity contribution in [2.45, 2.75) is 13.0 Å². The van der Waals surface area contributed by atoms with Crippen molar-refractivity contribution in [2.24, 2.45) is 7.05 Å². The van der Waals surface area contributed by atoms with Gasteiger partial charge in [0.15, 0.2) is 0 Å². The zero-order valence-corrected chi connectivity index (χ0v) is 15.1. The monoisotopic (exact) mass is 363 g/mol. The lowest BCUT2D eigenvalue weighted by Gasteiger charge is -2.11. The average molecular weight is 363 g/mol. The van der Waals surface area contributed by atoms with Crippen LogP contribution in [-0.2, 0) is 20.1 Å². The highest BCUT2D eigenvalue weighted by Gasteiger charge is 2.08. The third-order valence-electron chi connectivity index (χ3n) is 4.23. The van der Waals surface area contributed by atoms with Crippen LogP contribution in [0.3, 0.4) is 0 Å². The highest BCUT2D eigenvalue weighted by atomic mass is 32.1. The summed E-state index contributed by atoms with van der Waals surface area (Å²) < 4.78 is 7.38. The van der Waals surface area contributed by atoms with E-state index in [0.717, 1.165) is 12.2 Å². The summed E-state index contributed by atoms with van der Waals surface area (Å²) in [4.78, 5) is 22.3. The van der Waals surface area contributed by atoms with E-state index in [1.165, 1.54) is 10.4 Å². The molecule has 0 saturated carbocycles. The summed E-state index contributed by atoms with van der Waals surface area (Å²) in [5.41, 5.74) is 3.68.